The molecule has 1 aliphatic heterocycles. The summed E-state index contributed by atoms with van der Waals surface area (Å²) in [5.74, 6) is -0.406. The molecule has 2 heterocycles. The van der Waals surface area contributed by atoms with Gasteiger partial charge in [0.05, 0.1) is 11.9 Å². The van der Waals surface area contributed by atoms with E-state index in [0.29, 0.717) is 5.69 Å². The van der Waals surface area contributed by atoms with Gasteiger partial charge in [-0.15, -0.1) is 0 Å². The van der Waals surface area contributed by atoms with Gasteiger partial charge in [-0.05, 0) is 30.7 Å². The largest absolute Gasteiger partial charge is 0.353 e. The van der Waals surface area contributed by atoms with E-state index in [0.717, 1.165) is 31.4 Å². The van der Waals surface area contributed by atoms with Crippen LogP contribution in [-0.4, -0.2) is 23.5 Å². The predicted molar refractivity (Wildman–Crippen MR) is 79.0 cm³/mol. The Morgan fingerprint density at radius 3 is 3.05 bits per heavy atom. The van der Waals surface area contributed by atoms with E-state index in [9.17, 15) is 4.39 Å². The van der Waals surface area contributed by atoms with E-state index in [1.165, 1.54) is 17.2 Å². The molecule has 104 valence electrons. The number of rotatable bonds is 2. The molecule has 5 heteroatoms. The normalized spacial score (nSPS) is 14.9. The summed E-state index contributed by atoms with van der Waals surface area (Å²) in [6, 6.07) is 7.59. The van der Waals surface area contributed by atoms with Crippen LogP contribution in [0.4, 0.5) is 15.8 Å². The average Bonchev–Trinajstić information content (AvgIpc) is 2.43. The Balaban J connectivity index is 1.97. The minimum absolute atomic E-state index is 0.274. The maximum Gasteiger partial charge on any atom is 0.164 e. The standard InChI is InChI=1S/C15H15ClFN3/c1-20-6-5-10-3-2-4-13(11(10)9-20)19-14-7-15(16)18-8-12(14)17/h2-4,7-8H,5-6,9H2,1H3,(H,18,19). The Kier molecular flexibility index (Phi) is 3.59. The number of hydrogen-bond acceptors (Lipinski definition) is 3. The molecule has 3 rings (SSSR count). The number of aromatic nitrogens is 1. The lowest BCUT2D eigenvalue weighted by molar-refractivity contribution is 0.313. The molecule has 1 aromatic heterocycles. The Morgan fingerprint density at radius 1 is 1.35 bits per heavy atom. The molecule has 0 spiro atoms. The second kappa shape index (κ2) is 5.38. The van der Waals surface area contributed by atoms with Gasteiger partial charge in [0.2, 0.25) is 0 Å². The molecule has 0 saturated heterocycles. The van der Waals surface area contributed by atoms with Gasteiger partial charge >= 0.3 is 0 Å². The number of benzene rings is 1. The van der Waals surface area contributed by atoms with Crippen molar-refractivity contribution in [2.75, 3.05) is 18.9 Å². The zero-order chi connectivity index (χ0) is 14.1. The molecule has 0 fully saturated rings. The maximum atomic E-state index is 13.8. The SMILES string of the molecule is CN1CCc2cccc(Nc3cc(Cl)ncc3F)c2C1. The van der Waals surface area contributed by atoms with Gasteiger partial charge < -0.3 is 10.2 Å². The quantitative estimate of drug-likeness (QED) is 0.857. The Hall–Kier alpha value is -1.65. The van der Waals surface area contributed by atoms with Crippen LogP contribution in [0, 0.1) is 5.82 Å². The zero-order valence-corrected chi connectivity index (χ0v) is 11.9. The van der Waals surface area contributed by atoms with Gasteiger partial charge in [0.15, 0.2) is 5.82 Å². The molecule has 20 heavy (non-hydrogen) atoms. The topological polar surface area (TPSA) is 28.2 Å². The first-order valence-electron chi connectivity index (χ1n) is 6.51. The molecular formula is C15H15ClFN3. The van der Waals surface area contributed by atoms with E-state index >= 15 is 0 Å². The number of anilines is 2. The van der Waals surface area contributed by atoms with Gasteiger partial charge in [-0.3, -0.25) is 0 Å². The Labute approximate surface area is 122 Å². The molecule has 0 unspecified atom stereocenters. The Bertz CT molecular complexity index is 645. The van der Waals surface area contributed by atoms with E-state index < -0.39 is 5.82 Å². The number of pyridine rings is 1. The molecule has 0 saturated carbocycles. The first-order valence-corrected chi connectivity index (χ1v) is 6.88. The fourth-order valence-electron chi connectivity index (χ4n) is 2.49. The first-order chi connectivity index (χ1) is 9.63. The fourth-order valence-corrected chi connectivity index (χ4v) is 2.64. The third-order valence-electron chi connectivity index (χ3n) is 3.56. The maximum absolute atomic E-state index is 13.8. The highest BCUT2D eigenvalue weighted by molar-refractivity contribution is 6.29. The molecule has 0 bridgehead atoms. The summed E-state index contributed by atoms with van der Waals surface area (Å²) in [7, 11) is 2.09. The molecule has 1 aliphatic rings. The molecule has 1 N–H and O–H groups in total. The molecule has 0 amide bonds. The number of hydrogen-bond donors (Lipinski definition) is 1. The van der Waals surface area contributed by atoms with Gasteiger partial charge in [0.25, 0.3) is 0 Å². The van der Waals surface area contributed by atoms with Crippen LogP contribution in [0.1, 0.15) is 11.1 Å². The summed E-state index contributed by atoms with van der Waals surface area (Å²) in [5.41, 5.74) is 3.81. The third-order valence-corrected chi connectivity index (χ3v) is 3.76. The van der Waals surface area contributed by atoms with E-state index in [-0.39, 0.29) is 5.15 Å². The first kappa shape index (κ1) is 13.3. The van der Waals surface area contributed by atoms with Gasteiger partial charge in [-0.2, -0.15) is 0 Å². The van der Waals surface area contributed by atoms with Crippen LogP contribution in [0.25, 0.3) is 0 Å². The summed E-state index contributed by atoms with van der Waals surface area (Å²) < 4.78 is 13.8. The van der Waals surface area contributed by atoms with Gasteiger partial charge in [0.1, 0.15) is 5.15 Å². The third kappa shape index (κ3) is 2.62. The Morgan fingerprint density at radius 2 is 2.20 bits per heavy atom. The van der Waals surface area contributed by atoms with Crippen LogP contribution in [0.3, 0.4) is 0 Å². The fraction of sp³-hybridized carbons (Fsp3) is 0.267. The van der Waals surface area contributed by atoms with Crippen LogP contribution in [0.5, 0.6) is 0 Å². The zero-order valence-electron chi connectivity index (χ0n) is 11.2. The number of halogens is 2. The van der Waals surface area contributed by atoms with Gasteiger partial charge in [-0.25, -0.2) is 9.37 Å². The lowest BCUT2D eigenvalue weighted by atomic mass is 9.98. The molecule has 1 aromatic carbocycles. The second-order valence-corrected chi connectivity index (χ2v) is 5.43. The predicted octanol–water partition coefficient (Wildman–Crippen LogP) is 3.61. The van der Waals surface area contributed by atoms with Crippen LogP contribution in [-0.2, 0) is 13.0 Å². The van der Waals surface area contributed by atoms with Crippen molar-refractivity contribution in [3.05, 3.63) is 52.6 Å². The van der Waals surface area contributed by atoms with Crippen molar-refractivity contribution in [1.29, 1.82) is 0 Å². The average molecular weight is 292 g/mol. The molecule has 2 aromatic rings. The molecule has 0 aliphatic carbocycles. The summed E-state index contributed by atoms with van der Waals surface area (Å²) in [5, 5.41) is 3.41. The molecule has 3 nitrogen and oxygen atoms in total. The molecule has 0 radical (unpaired) electrons. The number of nitrogens with one attached hydrogen (secondary N) is 1. The van der Waals surface area contributed by atoms with Crippen LogP contribution >= 0.6 is 11.6 Å². The highest BCUT2D eigenvalue weighted by Gasteiger charge is 2.17. The van der Waals surface area contributed by atoms with Gasteiger partial charge in [-0.1, -0.05) is 23.7 Å². The van der Waals surface area contributed by atoms with Crippen molar-refractivity contribution < 1.29 is 4.39 Å². The van der Waals surface area contributed by atoms with Crippen molar-refractivity contribution in [3.63, 3.8) is 0 Å². The van der Waals surface area contributed by atoms with Crippen LogP contribution < -0.4 is 5.32 Å². The minimum Gasteiger partial charge on any atom is -0.353 e. The summed E-state index contributed by atoms with van der Waals surface area (Å²) in [6.45, 7) is 1.91. The molecular weight excluding hydrogens is 277 g/mol. The number of likely N-dealkylation sites (N-methyl/N-ethyl adjacent to an activating group) is 1. The van der Waals surface area contributed by atoms with Crippen molar-refractivity contribution in [2.45, 2.75) is 13.0 Å². The lowest BCUT2D eigenvalue weighted by Crippen LogP contribution is -2.27. The van der Waals surface area contributed by atoms with E-state index in [1.807, 2.05) is 12.1 Å². The highest BCUT2D eigenvalue weighted by atomic mass is 35.5. The van der Waals surface area contributed by atoms with Crippen molar-refractivity contribution in [2.24, 2.45) is 0 Å². The minimum atomic E-state index is -0.406. The van der Waals surface area contributed by atoms with Crippen LogP contribution in [0.15, 0.2) is 30.5 Å². The highest BCUT2D eigenvalue weighted by Crippen LogP contribution is 2.29. The lowest BCUT2D eigenvalue weighted by Gasteiger charge is -2.27. The number of nitrogens with zero attached hydrogens (tertiary/aromatic N) is 2. The van der Waals surface area contributed by atoms with E-state index in [2.05, 4.69) is 28.3 Å². The summed E-state index contributed by atoms with van der Waals surface area (Å²) in [6.07, 6.45) is 2.15. The van der Waals surface area contributed by atoms with E-state index in [4.69, 9.17) is 11.6 Å². The van der Waals surface area contributed by atoms with Crippen molar-refractivity contribution in [1.82, 2.24) is 9.88 Å². The van der Waals surface area contributed by atoms with Crippen LogP contribution in [0.2, 0.25) is 5.15 Å². The number of fused-ring (bicyclic) bond motifs is 1. The second-order valence-electron chi connectivity index (χ2n) is 5.04. The van der Waals surface area contributed by atoms with Crippen molar-refractivity contribution in [3.8, 4) is 0 Å². The van der Waals surface area contributed by atoms with Gasteiger partial charge in [0, 0.05) is 24.8 Å². The smallest absolute Gasteiger partial charge is 0.164 e. The summed E-state index contributed by atoms with van der Waals surface area (Å²) >= 11 is 5.82. The monoisotopic (exact) mass is 291 g/mol. The van der Waals surface area contributed by atoms with E-state index in [1.54, 1.807) is 0 Å². The van der Waals surface area contributed by atoms with Crippen molar-refractivity contribution >= 4 is 23.0 Å². The molecule has 0 atom stereocenters. The summed E-state index contributed by atoms with van der Waals surface area (Å²) in [4.78, 5) is 5.98.